The van der Waals surface area contributed by atoms with Crippen LogP contribution in [-0.4, -0.2) is 142 Å². The van der Waals surface area contributed by atoms with Crippen molar-refractivity contribution in [2.45, 2.75) is 87.2 Å². The summed E-state index contributed by atoms with van der Waals surface area (Å²) in [5.74, 6) is -12.4. The van der Waals surface area contributed by atoms with Crippen molar-refractivity contribution < 1.29 is 63.3 Å². The Morgan fingerprint density at radius 2 is 1.05 bits per heavy atom. The normalized spacial score (nSPS) is 14.2. The first-order chi connectivity index (χ1) is 28.2. The van der Waals surface area contributed by atoms with Crippen LogP contribution >= 0.6 is 12.6 Å². The minimum absolute atomic E-state index is 0.0145. The number of aliphatic hydroxyl groups excluding tert-OH is 1. The number of carbonyl (C=O) groups is 10. The van der Waals surface area contributed by atoms with E-state index >= 15 is 0 Å². The van der Waals surface area contributed by atoms with Crippen molar-refractivity contribution in [3.63, 3.8) is 0 Å². The fourth-order valence-electron chi connectivity index (χ4n) is 5.10. The Balaban J connectivity index is 3.47. The van der Waals surface area contributed by atoms with E-state index in [2.05, 4.69) is 49.5 Å². The molecule has 0 heterocycles. The second kappa shape index (κ2) is 26.5. The van der Waals surface area contributed by atoms with Gasteiger partial charge in [0, 0.05) is 25.1 Å². The van der Waals surface area contributed by atoms with Gasteiger partial charge < -0.3 is 75.9 Å². The van der Waals surface area contributed by atoms with E-state index in [0.717, 1.165) is 0 Å². The number of hydrogen-bond donors (Lipinski definition) is 15. The molecule has 1 aromatic carbocycles. The smallest absolute Gasteiger partial charge is 0.327 e. The number of nitrogens with one attached hydrogen (secondary N) is 6. The molecule has 0 unspecified atom stereocenters. The van der Waals surface area contributed by atoms with Gasteiger partial charge in [-0.2, -0.15) is 12.6 Å². The van der Waals surface area contributed by atoms with Gasteiger partial charge >= 0.3 is 11.9 Å². The summed E-state index contributed by atoms with van der Waals surface area (Å²) in [6.07, 6.45) is -3.43. The zero-order valence-corrected chi connectivity index (χ0v) is 33.1. The van der Waals surface area contributed by atoms with E-state index in [-0.39, 0.29) is 37.5 Å². The third kappa shape index (κ3) is 19.7. The summed E-state index contributed by atoms with van der Waals surface area (Å²) in [5, 5.41) is 41.3. The number of carbonyl (C=O) groups excluding carboxylic acids is 8. The van der Waals surface area contributed by atoms with Crippen LogP contribution in [0.15, 0.2) is 35.3 Å². The average Bonchev–Trinajstić information content (AvgIpc) is 3.17. The first kappa shape index (κ1) is 51.5. The number of aliphatic hydroxyl groups is 1. The van der Waals surface area contributed by atoms with Gasteiger partial charge in [-0.25, -0.2) is 4.79 Å². The molecule has 8 amide bonds. The van der Waals surface area contributed by atoms with Crippen LogP contribution in [0.4, 0.5) is 0 Å². The molecular weight excluding hydrogens is 817 g/mol. The van der Waals surface area contributed by atoms with Crippen molar-refractivity contribution in [1.29, 1.82) is 0 Å². The Bertz CT molecular complexity index is 1730. The molecule has 332 valence electrons. The average molecular weight is 869 g/mol. The van der Waals surface area contributed by atoms with Crippen LogP contribution in [0.5, 0.6) is 0 Å². The number of carboxylic acid groups (broad SMARTS) is 2. The predicted molar refractivity (Wildman–Crippen MR) is 213 cm³/mol. The molecule has 0 radical (unpaired) electrons. The number of rotatable bonds is 28. The summed E-state index contributed by atoms with van der Waals surface area (Å²) in [6, 6.07) is -3.11. The summed E-state index contributed by atoms with van der Waals surface area (Å²) in [4.78, 5) is 131. The SMILES string of the molecule is NC(=O)C[C@H](NC(=O)[C@H](CCCN=C(N)N)NC(=O)[C@H](CC(N)=O)NC(=O)[C@H](Cc1ccccc1)NC(=O)[C@@H](N)CO)C(=O)N[C@@H](CCC(=O)O)C(=O)N[C@@H](CS)C(=O)O. The van der Waals surface area contributed by atoms with E-state index in [1.165, 1.54) is 0 Å². The lowest BCUT2D eigenvalue weighted by Gasteiger charge is -2.27. The number of nitrogens with two attached hydrogens (primary N) is 5. The van der Waals surface area contributed by atoms with Crippen LogP contribution in [0.3, 0.4) is 0 Å². The van der Waals surface area contributed by atoms with Crippen LogP contribution in [0, 0.1) is 0 Å². The monoisotopic (exact) mass is 868 g/mol. The Morgan fingerprint density at radius 3 is 1.48 bits per heavy atom. The zero-order valence-electron chi connectivity index (χ0n) is 32.2. The maximum atomic E-state index is 13.8. The van der Waals surface area contributed by atoms with Crippen LogP contribution in [0.1, 0.15) is 44.1 Å². The molecule has 0 saturated carbocycles. The summed E-state index contributed by atoms with van der Waals surface area (Å²) in [6.45, 7) is -0.855. The highest BCUT2D eigenvalue weighted by atomic mass is 32.1. The van der Waals surface area contributed by atoms with Gasteiger partial charge in [-0.3, -0.25) is 48.1 Å². The lowest BCUT2D eigenvalue weighted by atomic mass is 10.0. The van der Waals surface area contributed by atoms with Crippen molar-refractivity contribution in [2.24, 2.45) is 33.7 Å². The van der Waals surface area contributed by atoms with Gasteiger partial charge in [0.1, 0.15) is 42.3 Å². The highest BCUT2D eigenvalue weighted by molar-refractivity contribution is 7.80. The molecule has 0 aliphatic rings. The van der Waals surface area contributed by atoms with E-state index < -0.39 is 134 Å². The molecule has 60 heavy (non-hydrogen) atoms. The zero-order chi connectivity index (χ0) is 45.5. The minimum Gasteiger partial charge on any atom is -0.481 e. The number of guanidine groups is 1. The molecule has 0 saturated heterocycles. The molecular formula is C34H52N12O13S. The van der Waals surface area contributed by atoms with Crippen LogP contribution in [0.2, 0.25) is 0 Å². The third-order valence-corrected chi connectivity index (χ3v) is 8.55. The topological polar surface area (TPSA) is 446 Å². The van der Waals surface area contributed by atoms with Crippen LogP contribution in [-0.2, 0) is 54.4 Å². The Kier molecular flexibility index (Phi) is 22.7. The summed E-state index contributed by atoms with van der Waals surface area (Å²) >= 11 is 3.84. The molecule has 26 heteroatoms. The molecule has 7 atom stereocenters. The third-order valence-electron chi connectivity index (χ3n) is 8.18. The first-order valence-corrected chi connectivity index (χ1v) is 18.7. The molecule has 0 fully saturated rings. The molecule has 25 nitrogen and oxygen atoms in total. The second-order valence-corrected chi connectivity index (χ2v) is 13.5. The van der Waals surface area contributed by atoms with Gasteiger partial charge in [0.05, 0.1) is 19.4 Å². The summed E-state index contributed by atoms with van der Waals surface area (Å²) in [5.41, 5.74) is 27.6. The number of amides is 8. The summed E-state index contributed by atoms with van der Waals surface area (Å²) in [7, 11) is 0. The van der Waals surface area contributed by atoms with Crippen molar-refractivity contribution in [1.82, 2.24) is 31.9 Å². The number of hydrogen-bond acceptors (Lipinski definition) is 14. The van der Waals surface area contributed by atoms with Crippen molar-refractivity contribution in [3.8, 4) is 0 Å². The van der Waals surface area contributed by atoms with E-state index in [0.29, 0.717) is 5.56 Å². The van der Waals surface area contributed by atoms with Crippen molar-refractivity contribution in [2.75, 3.05) is 18.9 Å². The largest absolute Gasteiger partial charge is 0.481 e. The van der Waals surface area contributed by atoms with Gasteiger partial charge in [0.25, 0.3) is 0 Å². The maximum absolute atomic E-state index is 13.8. The number of aliphatic carboxylic acids is 2. The quantitative estimate of drug-likeness (QED) is 0.0161. The lowest BCUT2D eigenvalue weighted by Crippen LogP contribution is -2.60. The number of thiol groups is 1. The molecule has 0 aromatic heterocycles. The number of nitrogens with zero attached hydrogens (tertiary/aromatic N) is 1. The number of aliphatic imine (C=N–C) groups is 1. The molecule has 19 N–H and O–H groups in total. The van der Waals surface area contributed by atoms with Gasteiger partial charge in [0.2, 0.25) is 47.3 Å². The van der Waals surface area contributed by atoms with Gasteiger partial charge in [-0.1, -0.05) is 30.3 Å². The molecule has 0 aliphatic heterocycles. The highest BCUT2D eigenvalue weighted by Crippen LogP contribution is 2.08. The Labute approximate surface area is 348 Å². The molecule has 1 rings (SSSR count). The van der Waals surface area contributed by atoms with Gasteiger partial charge in [0.15, 0.2) is 5.96 Å². The van der Waals surface area contributed by atoms with Crippen LogP contribution < -0.4 is 60.6 Å². The van der Waals surface area contributed by atoms with E-state index in [4.69, 9.17) is 28.7 Å². The Hall–Kier alpha value is -6.54. The summed E-state index contributed by atoms with van der Waals surface area (Å²) < 4.78 is 0. The molecule has 1 aromatic rings. The highest BCUT2D eigenvalue weighted by Gasteiger charge is 2.34. The van der Waals surface area contributed by atoms with Crippen molar-refractivity contribution in [3.05, 3.63) is 35.9 Å². The number of carboxylic acids is 2. The molecule has 0 aliphatic carbocycles. The fraction of sp³-hybridized carbons (Fsp3) is 0.500. The first-order valence-electron chi connectivity index (χ1n) is 18.1. The standard InChI is InChI=1S/C34H52N12O13S/c35-17(14-47)27(52)43-20(11-16-5-2-1-3-6-16)30(55)45-22(13-25(37)49)31(56)41-18(7-4-10-40-34(38)39)28(53)44-21(12-24(36)48)32(57)42-19(8-9-26(50)51)29(54)46-23(15-60)33(58)59/h1-3,5-6,17-23,47,60H,4,7-15,35H2,(H2,36,48)(H2,37,49)(H,41,56)(H,42,57)(H,43,52)(H,44,53)(H,45,55)(H,46,54)(H,50,51)(H,58,59)(H4,38,39,40)/t17-,18-,19-,20-,21-,22-,23-/m0/s1. The Morgan fingerprint density at radius 1 is 0.617 bits per heavy atom. The minimum atomic E-state index is -1.87. The van der Waals surface area contributed by atoms with E-state index in [9.17, 15) is 63.3 Å². The lowest BCUT2D eigenvalue weighted by molar-refractivity contribution is -0.142. The maximum Gasteiger partial charge on any atom is 0.327 e. The number of primary amides is 2. The fourth-order valence-corrected chi connectivity index (χ4v) is 5.35. The van der Waals surface area contributed by atoms with Gasteiger partial charge in [-0.15, -0.1) is 0 Å². The predicted octanol–water partition coefficient (Wildman–Crippen LogP) is -6.86. The number of benzene rings is 1. The van der Waals surface area contributed by atoms with E-state index in [1.807, 2.05) is 0 Å². The molecule has 0 spiro atoms. The van der Waals surface area contributed by atoms with Crippen molar-refractivity contribution >= 4 is 77.8 Å². The van der Waals surface area contributed by atoms with Gasteiger partial charge in [-0.05, 0) is 24.8 Å². The van der Waals surface area contributed by atoms with E-state index in [1.54, 1.807) is 30.3 Å². The van der Waals surface area contributed by atoms with Crippen LogP contribution in [0.25, 0.3) is 0 Å². The second-order valence-electron chi connectivity index (χ2n) is 13.1. The molecule has 0 bridgehead atoms.